The van der Waals surface area contributed by atoms with Gasteiger partial charge in [0.15, 0.2) is 0 Å². The van der Waals surface area contributed by atoms with Gasteiger partial charge in [-0.3, -0.25) is 0 Å². The van der Waals surface area contributed by atoms with E-state index in [0.717, 1.165) is 18.4 Å². The summed E-state index contributed by atoms with van der Waals surface area (Å²) in [7, 11) is 0. The number of hydrogen-bond acceptors (Lipinski definition) is 2. The molecule has 0 unspecified atom stereocenters. The molecule has 2 heteroatoms. The Labute approximate surface area is 106 Å². The molecule has 100 valence electrons. The standard InChI is InChI=1S/C15H28O2/c1-2-3-4-5-6-9-17-15-13-8-7-12(10-13)14(15)11-16/h12-16H,2-11H2,1H3/t12-,13+,14-,15+/m0/s1. The first kappa shape index (κ1) is 13.4. The van der Waals surface area contributed by atoms with Crippen LogP contribution in [-0.2, 0) is 4.74 Å². The maximum absolute atomic E-state index is 9.45. The smallest absolute Gasteiger partial charge is 0.0656 e. The van der Waals surface area contributed by atoms with Crippen molar-refractivity contribution < 1.29 is 9.84 Å². The van der Waals surface area contributed by atoms with Crippen molar-refractivity contribution in [2.75, 3.05) is 13.2 Å². The van der Waals surface area contributed by atoms with Crippen LogP contribution in [0.2, 0.25) is 0 Å². The fourth-order valence-electron chi connectivity index (χ4n) is 3.80. The molecule has 2 fully saturated rings. The molecule has 0 aromatic rings. The second-order valence-electron chi connectivity index (χ2n) is 5.93. The Hall–Kier alpha value is -0.0800. The highest BCUT2D eigenvalue weighted by Crippen LogP contribution is 2.49. The van der Waals surface area contributed by atoms with Crippen LogP contribution < -0.4 is 0 Å². The van der Waals surface area contributed by atoms with E-state index in [0.29, 0.717) is 18.6 Å². The van der Waals surface area contributed by atoms with E-state index in [1.165, 1.54) is 51.4 Å². The van der Waals surface area contributed by atoms with Gasteiger partial charge >= 0.3 is 0 Å². The van der Waals surface area contributed by atoms with Gasteiger partial charge < -0.3 is 9.84 Å². The molecule has 0 aromatic heterocycles. The molecule has 0 saturated heterocycles. The maximum atomic E-state index is 9.45. The molecule has 2 aliphatic carbocycles. The van der Waals surface area contributed by atoms with E-state index < -0.39 is 0 Å². The summed E-state index contributed by atoms with van der Waals surface area (Å²) < 4.78 is 6.06. The number of unbranched alkanes of at least 4 members (excludes halogenated alkanes) is 4. The first-order valence-electron chi connectivity index (χ1n) is 7.59. The number of aliphatic hydroxyl groups is 1. The van der Waals surface area contributed by atoms with Gasteiger partial charge in [0.05, 0.1) is 6.10 Å². The van der Waals surface area contributed by atoms with Gasteiger partial charge in [0, 0.05) is 19.1 Å². The summed E-state index contributed by atoms with van der Waals surface area (Å²) in [5, 5.41) is 9.45. The van der Waals surface area contributed by atoms with Gasteiger partial charge in [0.1, 0.15) is 0 Å². The van der Waals surface area contributed by atoms with Gasteiger partial charge in [0.2, 0.25) is 0 Å². The molecule has 0 aliphatic heterocycles. The zero-order chi connectivity index (χ0) is 12.1. The minimum atomic E-state index is 0.335. The third-order valence-corrected chi connectivity index (χ3v) is 4.77. The summed E-state index contributed by atoms with van der Waals surface area (Å²) in [6, 6.07) is 0. The molecule has 2 nitrogen and oxygen atoms in total. The van der Waals surface area contributed by atoms with Gasteiger partial charge in [0.25, 0.3) is 0 Å². The lowest BCUT2D eigenvalue weighted by Gasteiger charge is -2.29. The highest BCUT2D eigenvalue weighted by Gasteiger charge is 2.47. The quantitative estimate of drug-likeness (QED) is 0.659. The second-order valence-corrected chi connectivity index (χ2v) is 5.93. The largest absolute Gasteiger partial charge is 0.396 e. The van der Waals surface area contributed by atoms with Gasteiger partial charge in [-0.05, 0) is 37.5 Å². The number of hydrogen-bond donors (Lipinski definition) is 1. The van der Waals surface area contributed by atoms with Crippen molar-refractivity contribution in [3.05, 3.63) is 0 Å². The van der Waals surface area contributed by atoms with E-state index in [2.05, 4.69) is 6.92 Å². The van der Waals surface area contributed by atoms with Crippen molar-refractivity contribution in [1.82, 2.24) is 0 Å². The van der Waals surface area contributed by atoms with Crippen LogP contribution in [-0.4, -0.2) is 24.4 Å². The SMILES string of the molecule is CCCCCCCO[C@@H]1[C@@H]2CC[C@@H](C2)[C@@H]1CO. The van der Waals surface area contributed by atoms with Crippen LogP contribution in [0.1, 0.15) is 58.3 Å². The van der Waals surface area contributed by atoms with E-state index in [-0.39, 0.29) is 0 Å². The van der Waals surface area contributed by atoms with Gasteiger partial charge in [-0.1, -0.05) is 32.6 Å². The van der Waals surface area contributed by atoms with Crippen LogP contribution in [0.25, 0.3) is 0 Å². The van der Waals surface area contributed by atoms with E-state index in [9.17, 15) is 5.11 Å². The topological polar surface area (TPSA) is 29.5 Å². The summed E-state index contributed by atoms with van der Waals surface area (Å²) in [5.74, 6) is 1.97. The van der Waals surface area contributed by atoms with E-state index >= 15 is 0 Å². The van der Waals surface area contributed by atoms with Crippen LogP contribution >= 0.6 is 0 Å². The molecule has 0 aromatic carbocycles. The third kappa shape index (κ3) is 3.23. The number of ether oxygens (including phenoxy) is 1. The lowest BCUT2D eigenvalue weighted by Crippen LogP contribution is -2.33. The van der Waals surface area contributed by atoms with Crippen molar-refractivity contribution in [1.29, 1.82) is 0 Å². The number of rotatable bonds is 8. The van der Waals surface area contributed by atoms with Crippen LogP contribution in [0.15, 0.2) is 0 Å². The van der Waals surface area contributed by atoms with Crippen LogP contribution in [0.3, 0.4) is 0 Å². The molecular formula is C15H28O2. The molecule has 0 amide bonds. The normalized spacial score (nSPS) is 35.6. The summed E-state index contributed by atoms with van der Waals surface area (Å²) in [6.07, 6.45) is 10.9. The zero-order valence-corrected chi connectivity index (χ0v) is 11.2. The summed E-state index contributed by atoms with van der Waals surface area (Å²) in [4.78, 5) is 0. The second kappa shape index (κ2) is 6.75. The molecular weight excluding hydrogens is 212 g/mol. The Kier molecular flexibility index (Phi) is 5.30. The van der Waals surface area contributed by atoms with Gasteiger partial charge in [-0.25, -0.2) is 0 Å². The monoisotopic (exact) mass is 240 g/mol. The molecule has 4 atom stereocenters. The minimum Gasteiger partial charge on any atom is -0.396 e. The number of fused-ring (bicyclic) bond motifs is 2. The molecule has 17 heavy (non-hydrogen) atoms. The zero-order valence-electron chi connectivity index (χ0n) is 11.2. The van der Waals surface area contributed by atoms with Gasteiger partial charge in [-0.15, -0.1) is 0 Å². The van der Waals surface area contributed by atoms with Crippen LogP contribution in [0.4, 0.5) is 0 Å². The fraction of sp³-hybridized carbons (Fsp3) is 1.00. The lowest BCUT2D eigenvalue weighted by molar-refractivity contribution is -0.0369. The minimum absolute atomic E-state index is 0.335. The Morgan fingerprint density at radius 2 is 1.82 bits per heavy atom. The first-order chi connectivity index (χ1) is 8.36. The lowest BCUT2D eigenvalue weighted by atomic mass is 9.87. The van der Waals surface area contributed by atoms with Crippen molar-refractivity contribution in [2.45, 2.75) is 64.4 Å². The molecule has 2 aliphatic rings. The predicted molar refractivity (Wildman–Crippen MR) is 69.9 cm³/mol. The maximum Gasteiger partial charge on any atom is 0.0656 e. The predicted octanol–water partition coefficient (Wildman–Crippen LogP) is 3.38. The summed E-state index contributed by atoms with van der Waals surface area (Å²) >= 11 is 0. The van der Waals surface area contributed by atoms with Crippen LogP contribution in [0.5, 0.6) is 0 Å². The van der Waals surface area contributed by atoms with E-state index in [4.69, 9.17) is 4.74 Å². The molecule has 0 spiro atoms. The molecule has 1 N–H and O–H groups in total. The highest BCUT2D eigenvalue weighted by atomic mass is 16.5. The molecule has 2 bridgehead atoms. The first-order valence-corrected chi connectivity index (χ1v) is 7.59. The van der Waals surface area contributed by atoms with E-state index in [1.807, 2.05) is 0 Å². The Morgan fingerprint density at radius 3 is 2.59 bits per heavy atom. The Morgan fingerprint density at radius 1 is 1.06 bits per heavy atom. The fourth-order valence-corrected chi connectivity index (χ4v) is 3.80. The average Bonchev–Trinajstić information content (AvgIpc) is 2.93. The van der Waals surface area contributed by atoms with Crippen molar-refractivity contribution in [3.8, 4) is 0 Å². The molecule has 0 radical (unpaired) electrons. The van der Waals surface area contributed by atoms with Crippen molar-refractivity contribution in [3.63, 3.8) is 0 Å². The Balaban J connectivity index is 1.62. The third-order valence-electron chi connectivity index (χ3n) is 4.77. The van der Waals surface area contributed by atoms with Crippen LogP contribution in [0, 0.1) is 17.8 Å². The number of aliphatic hydroxyl groups excluding tert-OH is 1. The summed E-state index contributed by atoms with van der Waals surface area (Å²) in [5.41, 5.74) is 0. The average molecular weight is 240 g/mol. The highest BCUT2D eigenvalue weighted by molar-refractivity contribution is 4.97. The summed E-state index contributed by atoms with van der Waals surface area (Å²) in [6.45, 7) is 3.49. The molecule has 0 heterocycles. The molecule has 2 saturated carbocycles. The molecule has 2 rings (SSSR count). The Bertz CT molecular complexity index is 217. The van der Waals surface area contributed by atoms with Gasteiger partial charge in [-0.2, -0.15) is 0 Å². The van der Waals surface area contributed by atoms with Crippen molar-refractivity contribution in [2.24, 2.45) is 17.8 Å². The van der Waals surface area contributed by atoms with Crippen molar-refractivity contribution >= 4 is 0 Å². The van der Waals surface area contributed by atoms with E-state index in [1.54, 1.807) is 0 Å².